The monoisotopic (exact) mass is 243 g/mol. The first kappa shape index (κ1) is 12.0. The Morgan fingerprint density at radius 1 is 1.33 bits per heavy atom. The van der Waals surface area contributed by atoms with Crippen LogP contribution in [-0.4, -0.2) is 22.4 Å². The number of rotatable bonds is 3. The van der Waals surface area contributed by atoms with Crippen molar-refractivity contribution in [2.45, 2.75) is 6.92 Å². The molecular formula is C13H13N3O2. The molecule has 0 fully saturated rings. The fourth-order valence-corrected chi connectivity index (χ4v) is 1.69. The topological polar surface area (TPSA) is 66.1 Å². The van der Waals surface area contributed by atoms with E-state index >= 15 is 0 Å². The Labute approximate surface area is 104 Å². The van der Waals surface area contributed by atoms with Gasteiger partial charge >= 0.3 is 0 Å². The molecule has 92 valence electrons. The third-order valence-corrected chi connectivity index (χ3v) is 2.58. The van der Waals surface area contributed by atoms with Crippen molar-refractivity contribution >= 4 is 11.6 Å². The molecule has 0 aliphatic rings. The molecule has 2 aromatic rings. The number of carbonyl (C=O) groups is 1. The van der Waals surface area contributed by atoms with Crippen LogP contribution in [0.2, 0.25) is 0 Å². The molecule has 1 aromatic heterocycles. The van der Waals surface area contributed by atoms with Gasteiger partial charge in [-0.3, -0.25) is 9.59 Å². The molecule has 0 bridgehead atoms. The Morgan fingerprint density at radius 2 is 2.06 bits per heavy atom. The first-order valence-electron chi connectivity index (χ1n) is 5.63. The Hall–Kier alpha value is -2.43. The number of nitrogens with one attached hydrogen (secondary N) is 1. The summed E-state index contributed by atoms with van der Waals surface area (Å²) in [6.07, 6.45) is 2.55. The summed E-state index contributed by atoms with van der Waals surface area (Å²) in [5, 5.41) is 0. The summed E-state index contributed by atoms with van der Waals surface area (Å²) in [6.45, 7) is 2.34. The average Bonchev–Trinajstić information content (AvgIpc) is 2.41. The number of para-hydroxylation sites is 1. The molecule has 0 saturated carbocycles. The van der Waals surface area contributed by atoms with Gasteiger partial charge in [0, 0.05) is 18.4 Å². The van der Waals surface area contributed by atoms with E-state index in [1.807, 2.05) is 37.3 Å². The van der Waals surface area contributed by atoms with Crippen LogP contribution in [0.15, 0.2) is 47.7 Å². The second kappa shape index (κ2) is 5.27. The zero-order valence-electron chi connectivity index (χ0n) is 9.96. The lowest BCUT2D eigenvalue weighted by Crippen LogP contribution is -2.34. The molecule has 1 N–H and O–H groups in total. The molecule has 0 spiro atoms. The predicted molar refractivity (Wildman–Crippen MR) is 68.7 cm³/mol. The number of nitrogens with zero attached hydrogens (tertiary/aromatic N) is 2. The van der Waals surface area contributed by atoms with Gasteiger partial charge < -0.3 is 9.88 Å². The van der Waals surface area contributed by atoms with Gasteiger partial charge in [0.1, 0.15) is 5.56 Å². The molecule has 0 aliphatic heterocycles. The van der Waals surface area contributed by atoms with Crippen LogP contribution in [0.5, 0.6) is 0 Å². The Bertz CT molecular complexity index is 592. The van der Waals surface area contributed by atoms with Gasteiger partial charge in [-0.1, -0.05) is 18.2 Å². The highest BCUT2D eigenvalue weighted by molar-refractivity contribution is 6.05. The number of anilines is 1. The fourth-order valence-electron chi connectivity index (χ4n) is 1.69. The summed E-state index contributed by atoms with van der Waals surface area (Å²) < 4.78 is 0. The second-order valence-electron chi connectivity index (χ2n) is 3.68. The quantitative estimate of drug-likeness (QED) is 0.887. The van der Waals surface area contributed by atoms with Crippen molar-refractivity contribution in [3.05, 3.63) is 58.8 Å². The van der Waals surface area contributed by atoms with Crippen LogP contribution < -0.4 is 10.5 Å². The summed E-state index contributed by atoms with van der Waals surface area (Å²) in [7, 11) is 0. The van der Waals surface area contributed by atoms with Crippen LogP contribution in [0.1, 0.15) is 17.3 Å². The largest absolute Gasteiger partial charge is 0.312 e. The van der Waals surface area contributed by atoms with Crippen molar-refractivity contribution in [1.29, 1.82) is 0 Å². The number of aromatic amines is 1. The van der Waals surface area contributed by atoms with Crippen molar-refractivity contribution in [2.75, 3.05) is 11.4 Å². The molecule has 2 rings (SSSR count). The zero-order chi connectivity index (χ0) is 13.0. The molecule has 0 unspecified atom stereocenters. The van der Waals surface area contributed by atoms with E-state index in [-0.39, 0.29) is 11.5 Å². The van der Waals surface area contributed by atoms with Crippen LogP contribution in [0.4, 0.5) is 5.69 Å². The lowest BCUT2D eigenvalue weighted by Gasteiger charge is -2.20. The minimum absolute atomic E-state index is 0.0446. The maximum absolute atomic E-state index is 12.3. The number of hydrogen-bond acceptors (Lipinski definition) is 3. The summed E-state index contributed by atoms with van der Waals surface area (Å²) in [5.74, 6) is -0.349. The van der Waals surface area contributed by atoms with E-state index in [2.05, 4.69) is 9.97 Å². The number of hydrogen-bond donors (Lipinski definition) is 1. The highest BCUT2D eigenvalue weighted by atomic mass is 16.2. The van der Waals surface area contributed by atoms with E-state index in [1.54, 1.807) is 0 Å². The predicted octanol–water partition coefficient (Wildman–Crippen LogP) is 1.44. The van der Waals surface area contributed by atoms with E-state index in [1.165, 1.54) is 17.4 Å². The van der Waals surface area contributed by atoms with Gasteiger partial charge in [-0.05, 0) is 19.1 Å². The van der Waals surface area contributed by atoms with Gasteiger partial charge in [0.2, 0.25) is 0 Å². The van der Waals surface area contributed by atoms with Crippen molar-refractivity contribution in [3.8, 4) is 0 Å². The van der Waals surface area contributed by atoms with E-state index in [0.717, 1.165) is 5.69 Å². The number of benzene rings is 1. The van der Waals surface area contributed by atoms with Gasteiger partial charge in [-0.15, -0.1) is 0 Å². The van der Waals surface area contributed by atoms with Gasteiger partial charge in [-0.25, -0.2) is 4.98 Å². The Morgan fingerprint density at radius 3 is 2.67 bits per heavy atom. The molecule has 0 atom stereocenters. The van der Waals surface area contributed by atoms with Crippen LogP contribution in [0.25, 0.3) is 0 Å². The van der Waals surface area contributed by atoms with Crippen molar-refractivity contribution < 1.29 is 4.79 Å². The lowest BCUT2D eigenvalue weighted by atomic mass is 10.2. The SMILES string of the molecule is CCN(C(=O)c1cnc[nH]c1=O)c1ccccc1. The number of carbonyl (C=O) groups excluding carboxylic acids is 1. The van der Waals surface area contributed by atoms with Gasteiger partial charge in [0.05, 0.1) is 6.33 Å². The Balaban J connectivity index is 2.38. The average molecular weight is 243 g/mol. The Kier molecular flexibility index (Phi) is 3.52. The summed E-state index contributed by atoms with van der Waals surface area (Å²) in [5.41, 5.74) is 0.376. The van der Waals surface area contributed by atoms with E-state index in [9.17, 15) is 9.59 Å². The van der Waals surface area contributed by atoms with E-state index < -0.39 is 5.56 Å². The maximum atomic E-state index is 12.3. The molecule has 0 radical (unpaired) electrons. The van der Waals surface area contributed by atoms with Crippen molar-refractivity contribution in [2.24, 2.45) is 0 Å². The second-order valence-corrected chi connectivity index (χ2v) is 3.68. The van der Waals surface area contributed by atoms with Gasteiger partial charge in [-0.2, -0.15) is 0 Å². The number of aromatic nitrogens is 2. The van der Waals surface area contributed by atoms with Crippen LogP contribution in [0.3, 0.4) is 0 Å². The first-order chi connectivity index (χ1) is 8.74. The minimum Gasteiger partial charge on any atom is -0.312 e. The minimum atomic E-state index is -0.426. The fraction of sp³-hybridized carbons (Fsp3) is 0.154. The van der Waals surface area contributed by atoms with Crippen molar-refractivity contribution in [3.63, 3.8) is 0 Å². The molecule has 1 aromatic carbocycles. The van der Waals surface area contributed by atoms with Gasteiger partial charge in [0.25, 0.3) is 11.5 Å². The maximum Gasteiger partial charge on any atom is 0.265 e. The molecule has 1 amide bonds. The molecule has 18 heavy (non-hydrogen) atoms. The van der Waals surface area contributed by atoms with E-state index in [0.29, 0.717) is 6.54 Å². The molecular weight excluding hydrogens is 230 g/mol. The summed E-state index contributed by atoms with van der Waals surface area (Å²) in [4.78, 5) is 31.5. The normalized spacial score (nSPS) is 10.1. The third-order valence-electron chi connectivity index (χ3n) is 2.58. The smallest absolute Gasteiger partial charge is 0.265 e. The lowest BCUT2D eigenvalue weighted by molar-refractivity contribution is 0.0986. The highest BCUT2D eigenvalue weighted by Gasteiger charge is 2.18. The third kappa shape index (κ3) is 2.29. The molecule has 0 aliphatic carbocycles. The standard InChI is InChI=1S/C13H13N3O2/c1-2-16(10-6-4-3-5-7-10)13(18)11-8-14-9-15-12(11)17/h3-9H,2H2,1H3,(H,14,15,17). The van der Waals surface area contributed by atoms with Crippen molar-refractivity contribution in [1.82, 2.24) is 9.97 Å². The van der Waals surface area contributed by atoms with E-state index in [4.69, 9.17) is 0 Å². The highest BCUT2D eigenvalue weighted by Crippen LogP contribution is 2.14. The number of H-pyrrole nitrogens is 1. The molecule has 1 heterocycles. The molecule has 0 saturated heterocycles. The number of amides is 1. The zero-order valence-corrected chi connectivity index (χ0v) is 9.96. The molecule has 5 heteroatoms. The molecule has 5 nitrogen and oxygen atoms in total. The van der Waals surface area contributed by atoms with Crippen LogP contribution >= 0.6 is 0 Å². The first-order valence-corrected chi connectivity index (χ1v) is 5.63. The van der Waals surface area contributed by atoms with Gasteiger partial charge in [0.15, 0.2) is 0 Å². The summed E-state index contributed by atoms with van der Waals surface area (Å²) >= 11 is 0. The van der Waals surface area contributed by atoms with Crippen LogP contribution in [-0.2, 0) is 0 Å². The van der Waals surface area contributed by atoms with Crippen LogP contribution in [0, 0.1) is 0 Å². The summed E-state index contributed by atoms with van der Waals surface area (Å²) in [6, 6.07) is 9.22.